The molecule has 0 aliphatic heterocycles. The Morgan fingerprint density at radius 2 is 0.857 bits per heavy atom. The summed E-state index contributed by atoms with van der Waals surface area (Å²) in [5.41, 5.74) is 2.79. The summed E-state index contributed by atoms with van der Waals surface area (Å²) < 4.78 is 0. The largest absolute Gasteiger partial charge is 0.378 e. The van der Waals surface area contributed by atoms with Crippen LogP contribution in [0.2, 0.25) is 0 Å². The van der Waals surface area contributed by atoms with Gasteiger partial charge in [-0.1, -0.05) is 122 Å². The smallest absolute Gasteiger partial charge is 0.0361 e. The van der Waals surface area contributed by atoms with Gasteiger partial charge in [-0.15, -0.1) is 0 Å². The molecular weight excluding hydrogens is 338 g/mol. The van der Waals surface area contributed by atoms with Crippen molar-refractivity contribution in [2.24, 2.45) is 0 Å². The number of unbranched alkanes of at least 4 members (excludes halogenated alkanes) is 16. The van der Waals surface area contributed by atoms with Gasteiger partial charge in [0.25, 0.3) is 0 Å². The van der Waals surface area contributed by atoms with Crippen LogP contribution in [-0.4, -0.2) is 14.1 Å². The average Bonchev–Trinajstić information content (AvgIpc) is 2.70. The van der Waals surface area contributed by atoms with Crippen LogP contribution in [0.1, 0.15) is 122 Å². The lowest BCUT2D eigenvalue weighted by Gasteiger charge is -2.12. The maximum Gasteiger partial charge on any atom is 0.0361 e. The summed E-state index contributed by atoms with van der Waals surface area (Å²) in [6.45, 7) is 2.30. The summed E-state index contributed by atoms with van der Waals surface area (Å²) in [7, 11) is 4.21. The van der Waals surface area contributed by atoms with E-state index in [0.29, 0.717) is 0 Å². The van der Waals surface area contributed by atoms with Crippen molar-refractivity contribution < 1.29 is 0 Å². The lowest BCUT2D eigenvalue weighted by atomic mass is 10.0. The van der Waals surface area contributed by atoms with Crippen molar-refractivity contribution in [3.63, 3.8) is 0 Å². The van der Waals surface area contributed by atoms with E-state index in [0.717, 1.165) is 0 Å². The van der Waals surface area contributed by atoms with Gasteiger partial charge in [-0.2, -0.15) is 0 Å². The van der Waals surface area contributed by atoms with E-state index < -0.39 is 0 Å². The molecule has 0 aliphatic rings. The van der Waals surface area contributed by atoms with Gasteiger partial charge in [0.05, 0.1) is 0 Å². The number of benzene rings is 1. The third-order valence-corrected chi connectivity index (χ3v) is 6.02. The Balaban J connectivity index is 1.78. The Bertz CT molecular complexity index is 434. The number of anilines is 1. The van der Waals surface area contributed by atoms with Crippen molar-refractivity contribution in [1.82, 2.24) is 0 Å². The van der Waals surface area contributed by atoms with Gasteiger partial charge in [0.2, 0.25) is 0 Å². The summed E-state index contributed by atoms with van der Waals surface area (Å²) >= 11 is 0. The first-order valence-electron chi connectivity index (χ1n) is 12.5. The van der Waals surface area contributed by atoms with Crippen LogP contribution in [0.25, 0.3) is 0 Å². The van der Waals surface area contributed by atoms with Crippen molar-refractivity contribution in [1.29, 1.82) is 0 Å². The standard InChI is InChI=1S/C27H49N/c1-4-5-6-7-8-9-10-11-12-13-14-15-16-17-18-19-20-21-26-22-24-27(25-23-26)28(2)3/h22-25H,4-21H2,1-3H3. The lowest BCUT2D eigenvalue weighted by molar-refractivity contribution is 0.527. The minimum atomic E-state index is 1.24. The molecule has 0 heterocycles. The zero-order valence-electron chi connectivity index (χ0n) is 19.5. The average molecular weight is 388 g/mol. The molecule has 0 saturated carbocycles. The molecular formula is C27H49N. The zero-order valence-corrected chi connectivity index (χ0v) is 19.5. The molecule has 1 nitrogen and oxygen atoms in total. The maximum atomic E-state index is 2.30. The molecule has 0 bridgehead atoms. The highest BCUT2D eigenvalue weighted by Crippen LogP contribution is 2.16. The second-order valence-electron chi connectivity index (χ2n) is 8.97. The minimum Gasteiger partial charge on any atom is -0.378 e. The van der Waals surface area contributed by atoms with Gasteiger partial charge in [0, 0.05) is 19.8 Å². The van der Waals surface area contributed by atoms with Crippen LogP contribution >= 0.6 is 0 Å². The van der Waals surface area contributed by atoms with Gasteiger partial charge in [-0.25, -0.2) is 0 Å². The van der Waals surface area contributed by atoms with E-state index in [4.69, 9.17) is 0 Å². The van der Waals surface area contributed by atoms with Crippen LogP contribution in [-0.2, 0) is 6.42 Å². The number of nitrogens with zero attached hydrogens (tertiary/aromatic N) is 1. The predicted molar refractivity (Wildman–Crippen MR) is 129 cm³/mol. The molecule has 0 spiro atoms. The van der Waals surface area contributed by atoms with Crippen molar-refractivity contribution in [2.45, 2.75) is 122 Å². The van der Waals surface area contributed by atoms with Crippen LogP contribution < -0.4 is 4.90 Å². The quantitative estimate of drug-likeness (QED) is 0.214. The SMILES string of the molecule is CCCCCCCCCCCCCCCCCCCc1ccc(N(C)C)cc1. The van der Waals surface area contributed by atoms with Crippen LogP contribution in [0, 0.1) is 0 Å². The molecule has 0 aliphatic carbocycles. The van der Waals surface area contributed by atoms with Gasteiger partial charge < -0.3 is 4.90 Å². The van der Waals surface area contributed by atoms with E-state index in [1.165, 1.54) is 127 Å². The Hall–Kier alpha value is -0.980. The van der Waals surface area contributed by atoms with Crippen molar-refractivity contribution >= 4 is 5.69 Å². The fraction of sp³-hybridized carbons (Fsp3) is 0.778. The summed E-state index contributed by atoms with van der Waals surface area (Å²) in [4.78, 5) is 2.17. The topological polar surface area (TPSA) is 3.24 Å². The highest BCUT2D eigenvalue weighted by Gasteiger charge is 1.98. The van der Waals surface area contributed by atoms with Crippen LogP contribution in [0.5, 0.6) is 0 Å². The Kier molecular flexibility index (Phi) is 16.2. The number of aryl methyl sites for hydroxylation is 1. The zero-order chi connectivity index (χ0) is 20.3. The Labute approximate surface area is 177 Å². The molecule has 0 atom stereocenters. The summed E-state index contributed by atoms with van der Waals surface area (Å²) in [5, 5.41) is 0. The fourth-order valence-electron chi connectivity index (χ4n) is 4.01. The van der Waals surface area contributed by atoms with E-state index in [9.17, 15) is 0 Å². The highest BCUT2D eigenvalue weighted by molar-refractivity contribution is 5.45. The van der Waals surface area contributed by atoms with Crippen LogP contribution in [0.15, 0.2) is 24.3 Å². The van der Waals surface area contributed by atoms with Crippen LogP contribution in [0.4, 0.5) is 5.69 Å². The first-order valence-corrected chi connectivity index (χ1v) is 12.5. The number of hydrogen-bond acceptors (Lipinski definition) is 1. The van der Waals surface area contributed by atoms with Gasteiger partial charge >= 0.3 is 0 Å². The van der Waals surface area contributed by atoms with E-state index in [2.05, 4.69) is 50.2 Å². The van der Waals surface area contributed by atoms with Crippen molar-refractivity contribution in [2.75, 3.05) is 19.0 Å². The second kappa shape index (κ2) is 18.1. The van der Waals surface area contributed by atoms with Gasteiger partial charge in [-0.05, 0) is 30.5 Å². The first-order chi connectivity index (χ1) is 13.7. The molecule has 1 aromatic rings. The van der Waals surface area contributed by atoms with E-state index in [-0.39, 0.29) is 0 Å². The Morgan fingerprint density at radius 3 is 1.21 bits per heavy atom. The van der Waals surface area contributed by atoms with Gasteiger partial charge in [0.15, 0.2) is 0 Å². The summed E-state index contributed by atoms with van der Waals surface area (Å²) in [6.07, 6.45) is 25.8. The van der Waals surface area contributed by atoms with E-state index in [1.54, 1.807) is 0 Å². The molecule has 0 fully saturated rings. The van der Waals surface area contributed by atoms with Gasteiger partial charge in [-0.3, -0.25) is 0 Å². The Morgan fingerprint density at radius 1 is 0.500 bits per heavy atom. The number of hydrogen-bond donors (Lipinski definition) is 0. The molecule has 162 valence electrons. The molecule has 0 saturated heterocycles. The first kappa shape index (κ1) is 25.1. The molecule has 1 aromatic carbocycles. The van der Waals surface area contributed by atoms with E-state index in [1.807, 2.05) is 0 Å². The lowest BCUT2D eigenvalue weighted by Crippen LogP contribution is -2.08. The summed E-state index contributed by atoms with van der Waals surface area (Å²) in [6, 6.07) is 9.06. The third kappa shape index (κ3) is 14.1. The highest BCUT2D eigenvalue weighted by atomic mass is 15.1. The van der Waals surface area contributed by atoms with Crippen molar-refractivity contribution in [3.05, 3.63) is 29.8 Å². The predicted octanol–water partition coefficient (Wildman–Crippen LogP) is 8.95. The van der Waals surface area contributed by atoms with E-state index >= 15 is 0 Å². The van der Waals surface area contributed by atoms with Crippen molar-refractivity contribution in [3.8, 4) is 0 Å². The van der Waals surface area contributed by atoms with Crippen LogP contribution in [0.3, 0.4) is 0 Å². The monoisotopic (exact) mass is 387 g/mol. The van der Waals surface area contributed by atoms with Gasteiger partial charge in [0.1, 0.15) is 0 Å². The molecule has 0 radical (unpaired) electrons. The second-order valence-corrected chi connectivity index (χ2v) is 8.97. The maximum absolute atomic E-state index is 2.30. The number of rotatable bonds is 19. The molecule has 0 N–H and O–H groups in total. The fourth-order valence-corrected chi connectivity index (χ4v) is 4.01. The normalized spacial score (nSPS) is 11.1. The molecule has 0 aromatic heterocycles. The molecule has 28 heavy (non-hydrogen) atoms. The molecule has 1 heteroatoms. The summed E-state index contributed by atoms with van der Waals surface area (Å²) in [5.74, 6) is 0. The molecule has 1 rings (SSSR count). The minimum absolute atomic E-state index is 1.24. The molecule has 0 amide bonds. The third-order valence-electron chi connectivity index (χ3n) is 6.02. The molecule has 0 unspecified atom stereocenters.